The first-order chi connectivity index (χ1) is 28.1. The molecule has 2 unspecified atom stereocenters. The summed E-state index contributed by atoms with van der Waals surface area (Å²) in [4.78, 5) is 32.9. The molecule has 1 N–H and O–H groups in total. The number of amides is 2. The number of hydrogen-bond donors (Lipinski definition) is 1. The van der Waals surface area contributed by atoms with Crippen LogP contribution >= 0.6 is 0 Å². The van der Waals surface area contributed by atoms with Crippen molar-refractivity contribution in [1.29, 1.82) is 0 Å². The molecule has 334 valence electrons. The molecule has 1 heterocycles. The summed E-state index contributed by atoms with van der Waals surface area (Å²) in [7, 11) is 0. The Morgan fingerprint density at radius 2 is 1.04 bits per heavy atom. The lowest BCUT2D eigenvalue weighted by Gasteiger charge is -2.38. The highest BCUT2D eigenvalue weighted by Gasteiger charge is 2.35. The van der Waals surface area contributed by atoms with Crippen molar-refractivity contribution in [3.8, 4) is 0 Å². The topological polar surface area (TPSA) is 52.7 Å². The van der Waals surface area contributed by atoms with E-state index in [1.54, 1.807) is 0 Å². The summed E-state index contributed by atoms with van der Waals surface area (Å²) < 4.78 is 0. The van der Waals surface area contributed by atoms with Crippen LogP contribution in [0.5, 0.6) is 0 Å². The molecule has 0 aromatic carbocycles. The molecule has 5 nitrogen and oxygen atoms in total. The van der Waals surface area contributed by atoms with Crippen molar-refractivity contribution in [1.82, 2.24) is 15.1 Å². The second-order valence-corrected chi connectivity index (χ2v) is 17.8. The Labute approximate surface area is 356 Å². The first-order valence-electron chi connectivity index (χ1n) is 25.7. The fourth-order valence-electron chi connectivity index (χ4n) is 8.73. The van der Waals surface area contributed by atoms with E-state index in [9.17, 15) is 9.59 Å². The number of allylic oxidation sites excluding steroid dienone is 4. The SMILES string of the molecule is CCCCC/C=C\C/C=C\CCCCCCCC(=O)N(CCN1CCCCC1)C(C(=O)NCCCCCCCCCCCCCCCCCC)C(CC)CCCC. The molecule has 5 heteroatoms. The van der Waals surface area contributed by atoms with E-state index in [1.165, 1.54) is 161 Å². The minimum atomic E-state index is -0.349. The zero-order chi connectivity index (χ0) is 41.3. The van der Waals surface area contributed by atoms with E-state index in [1.807, 2.05) is 0 Å². The highest BCUT2D eigenvalue weighted by Crippen LogP contribution is 2.24. The maximum absolute atomic E-state index is 14.1. The fourth-order valence-corrected chi connectivity index (χ4v) is 8.73. The Balaban J connectivity index is 2.54. The van der Waals surface area contributed by atoms with E-state index in [2.05, 4.69) is 67.1 Å². The number of nitrogens with zero attached hydrogens (tertiary/aromatic N) is 2. The third kappa shape index (κ3) is 31.0. The van der Waals surface area contributed by atoms with Gasteiger partial charge in [-0.3, -0.25) is 9.59 Å². The second-order valence-electron chi connectivity index (χ2n) is 17.8. The summed E-state index contributed by atoms with van der Waals surface area (Å²) in [6, 6.07) is -0.349. The van der Waals surface area contributed by atoms with Crippen LogP contribution in [0.25, 0.3) is 0 Å². The van der Waals surface area contributed by atoms with E-state index >= 15 is 0 Å². The van der Waals surface area contributed by atoms with Crippen LogP contribution < -0.4 is 5.32 Å². The van der Waals surface area contributed by atoms with Crippen LogP contribution in [0.4, 0.5) is 0 Å². The monoisotopic (exact) mass is 798 g/mol. The Morgan fingerprint density at radius 1 is 0.561 bits per heavy atom. The lowest BCUT2D eigenvalue weighted by Crippen LogP contribution is -2.55. The third-order valence-corrected chi connectivity index (χ3v) is 12.6. The minimum Gasteiger partial charge on any atom is -0.354 e. The second kappa shape index (κ2) is 41.1. The van der Waals surface area contributed by atoms with Crippen LogP contribution in [-0.2, 0) is 9.59 Å². The van der Waals surface area contributed by atoms with E-state index in [0.717, 1.165) is 84.0 Å². The van der Waals surface area contributed by atoms with Crippen molar-refractivity contribution in [2.24, 2.45) is 5.92 Å². The van der Waals surface area contributed by atoms with Gasteiger partial charge in [-0.05, 0) is 83.2 Å². The van der Waals surface area contributed by atoms with Gasteiger partial charge in [0.25, 0.3) is 0 Å². The van der Waals surface area contributed by atoms with Crippen molar-refractivity contribution in [2.45, 2.75) is 258 Å². The van der Waals surface area contributed by atoms with Gasteiger partial charge < -0.3 is 15.1 Å². The van der Waals surface area contributed by atoms with Crippen molar-refractivity contribution in [2.75, 3.05) is 32.7 Å². The number of hydrogen-bond acceptors (Lipinski definition) is 3. The fraction of sp³-hybridized carbons (Fsp3) is 0.885. The number of likely N-dealkylation sites (tertiary alicyclic amines) is 1. The molecule has 1 saturated heterocycles. The average molecular weight is 798 g/mol. The molecule has 1 aliphatic rings. The van der Waals surface area contributed by atoms with Gasteiger partial charge in [0, 0.05) is 26.1 Å². The molecule has 0 aromatic rings. The molecule has 0 aliphatic carbocycles. The van der Waals surface area contributed by atoms with E-state index in [0.29, 0.717) is 13.0 Å². The van der Waals surface area contributed by atoms with Gasteiger partial charge in [-0.25, -0.2) is 0 Å². The van der Waals surface area contributed by atoms with Crippen molar-refractivity contribution < 1.29 is 9.59 Å². The zero-order valence-corrected chi connectivity index (χ0v) is 39.0. The molecule has 0 bridgehead atoms. The van der Waals surface area contributed by atoms with E-state index in [-0.39, 0.29) is 23.8 Å². The maximum Gasteiger partial charge on any atom is 0.243 e. The first-order valence-corrected chi connectivity index (χ1v) is 25.7. The molecule has 0 spiro atoms. The van der Waals surface area contributed by atoms with E-state index in [4.69, 9.17) is 0 Å². The van der Waals surface area contributed by atoms with Crippen molar-refractivity contribution in [3.05, 3.63) is 24.3 Å². The van der Waals surface area contributed by atoms with Crippen LogP contribution in [0.3, 0.4) is 0 Å². The van der Waals surface area contributed by atoms with Crippen molar-refractivity contribution in [3.63, 3.8) is 0 Å². The summed E-state index contributed by atoms with van der Waals surface area (Å²) in [6.07, 6.45) is 52.5. The summed E-state index contributed by atoms with van der Waals surface area (Å²) >= 11 is 0. The molecule has 1 fully saturated rings. The van der Waals surface area contributed by atoms with Crippen LogP contribution in [0.15, 0.2) is 24.3 Å². The first kappa shape index (κ1) is 53.4. The van der Waals surface area contributed by atoms with Gasteiger partial charge >= 0.3 is 0 Å². The smallest absolute Gasteiger partial charge is 0.243 e. The van der Waals surface area contributed by atoms with Crippen LogP contribution in [0.2, 0.25) is 0 Å². The molecule has 57 heavy (non-hydrogen) atoms. The molecule has 0 saturated carbocycles. The highest BCUT2D eigenvalue weighted by molar-refractivity contribution is 5.88. The van der Waals surface area contributed by atoms with Gasteiger partial charge in [-0.2, -0.15) is 0 Å². The molecule has 1 aliphatic heterocycles. The average Bonchev–Trinajstić information content (AvgIpc) is 3.23. The van der Waals surface area contributed by atoms with Crippen LogP contribution in [0.1, 0.15) is 252 Å². The summed E-state index contributed by atoms with van der Waals surface area (Å²) in [5, 5.41) is 3.36. The molecule has 0 radical (unpaired) electrons. The molecular weight excluding hydrogens is 699 g/mol. The van der Waals surface area contributed by atoms with Gasteiger partial charge in [0.1, 0.15) is 6.04 Å². The normalized spacial score (nSPS) is 14.8. The van der Waals surface area contributed by atoms with Gasteiger partial charge in [-0.1, -0.05) is 206 Å². The summed E-state index contributed by atoms with van der Waals surface area (Å²) in [5.41, 5.74) is 0. The quantitative estimate of drug-likeness (QED) is 0.0495. The molecule has 2 atom stereocenters. The predicted molar refractivity (Wildman–Crippen MR) is 251 cm³/mol. The molecule has 2 amide bonds. The van der Waals surface area contributed by atoms with Crippen LogP contribution in [-0.4, -0.2) is 60.4 Å². The standard InChI is InChI=1S/C52H99N3O2/c1-5-9-12-14-16-18-20-22-24-26-28-30-32-34-36-39-44-53-52(57)51(49(8-4)42-11-7-3)55(48-47-54-45-40-37-41-46-54)50(56)43-38-35-33-31-29-27-25-23-21-19-17-15-13-10-6-2/h17,19,23,25,49,51H,5-16,18,20-22,24,26-48H2,1-4H3,(H,53,57)/b19-17-,25-23-. The lowest BCUT2D eigenvalue weighted by atomic mass is 9.89. The number of nitrogens with one attached hydrogen (secondary N) is 1. The van der Waals surface area contributed by atoms with Gasteiger partial charge in [0.15, 0.2) is 0 Å². The molecule has 0 aromatic heterocycles. The number of carbonyl (C=O) groups excluding carboxylic acids is 2. The predicted octanol–water partition coefficient (Wildman–Crippen LogP) is 15.1. The Morgan fingerprint density at radius 3 is 1.58 bits per heavy atom. The summed E-state index contributed by atoms with van der Waals surface area (Å²) in [5.74, 6) is 0.520. The lowest BCUT2D eigenvalue weighted by molar-refractivity contribution is -0.143. The number of piperidine rings is 1. The number of unbranched alkanes of at least 4 members (excludes halogenated alkanes) is 24. The third-order valence-electron chi connectivity index (χ3n) is 12.6. The Bertz CT molecular complexity index is 942. The van der Waals surface area contributed by atoms with Gasteiger partial charge in [0.05, 0.1) is 0 Å². The molecule has 1 rings (SSSR count). The van der Waals surface area contributed by atoms with Gasteiger partial charge in [-0.15, -0.1) is 0 Å². The Kier molecular flexibility index (Phi) is 38.5. The number of rotatable bonds is 41. The summed E-state index contributed by atoms with van der Waals surface area (Å²) in [6.45, 7) is 13.6. The number of carbonyl (C=O) groups is 2. The van der Waals surface area contributed by atoms with Crippen molar-refractivity contribution >= 4 is 11.8 Å². The van der Waals surface area contributed by atoms with Crippen LogP contribution in [0, 0.1) is 5.92 Å². The molecular formula is C52H99N3O2. The van der Waals surface area contributed by atoms with Gasteiger partial charge in [0.2, 0.25) is 11.8 Å². The largest absolute Gasteiger partial charge is 0.354 e. The maximum atomic E-state index is 14.1. The van der Waals surface area contributed by atoms with E-state index < -0.39 is 0 Å². The Hall–Kier alpha value is -1.62. The zero-order valence-electron chi connectivity index (χ0n) is 39.0. The highest BCUT2D eigenvalue weighted by atomic mass is 16.2. The minimum absolute atomic E-state index is 0.103.